The highest BCUT2D eigenvalue weighted by Crippen LogP contribution is 2.35. The van der Waals surface area contributed by atoms with E-state index < -0.39 is 11.0 Å². The van der Waals surface area contributed by atoms with E-state index in [2.05, 4.69) is 9.21 Å². The first-order valence-electron chi connectivity index (χ1n) is 10.9. The Hall–Kier alpha value is -1.89. The fourth-order valence-electron chi connectivity index (χ4n) is 4.20. The van der Waals surface area contributed by atoms with E-state index in [4.69, 9.17) is 0 Å². The number of piperidine rings is 1. The van der Waals surface area contributed by atoms with Crippen LogP contribution in [0.3, 0.4) is 0 Å². The fourth-order valence-corrected chi connectivity index (χ4v) is 5.79. The first-order chi connectivity index (χ1) is 14.6. The number of nitrogens with zero attached hydrogens (tertiary/aromatic N) is 2. The summed E-state index contributed by atoms with van der Waals surface area (Å²) in [5.74, 6) is -0.245. The second-order valence-electron chi connectivity index (χ2n) is 8.26. The maximum Gasteiger partial charge on any atom is 0.162 e. The van der Waals surface area contributed by atoms with Crippen LogP contribution in [0.15, 0.2) is 59.5 Å². The van der Waals surface area contributed by atoms with Gasteiger partial charge in [-0.25, -0.2) is 12.9 Å². The third kappa shape index (κ3) is 5.42. The minimum absolute atomic E-state index is 0.0723. The van der Waals surface area contributed by atoms with Gasteiger partial charge < -0.3 is 4.90 Å². The summed E-state index contributed by atoms with van der Waals surface area (Å²) in [6.45, 7) is 2.85. The van der Waals surface area contributed by atoms with Crippen LogP contribution in [-0.2, 0) is 11.0 Å². The van der Waals surface area contributed by atoms with Crippen LogP contribution in [0, 0.1) is 5.82 Å². The van der Waals surface area contributed by atoms with E-state index in [9.17, 15) is 13.4 Å². The molecule has 1 saturated heterocycles. The van der Waals surface area contributed by atoms with Gasteiger partial charge in [0.1, 0.15) is 16.8 Å². The molecule has 30 heavy (non-hydrogen) atoms. The number of likely N-dealkylation sites (tertiary alicyclic amines) is 1. The molecular weight excluding hydrogens is 399 g/mol. The molecular formula is C24H29FN2O2S. The zero-order valence-electron chi connectivity index (χ0n) is 17.2. The van der Waals surface area contributed by atoms with E-state index in [1.165, 1.54) is 12.1 Å². The van der Waals surface area contributed by atoms with Crippen LogP contribution < -0.4 is 0 Å². The SMILES string of the molecule is O=C(CCCN1CCC(N(C2CC2)S(=O)c2ccccc2)CC1)c1ccc(F)cc1. The Kier molecular flexibility index (Phi) is 7.08. The lowest BCUT2D eigenvalue weighted by Crippen LogP contribution is -2.46. The van der Waals surface area contributed by atoms with Crippen LogP contribution in [0.4, 0.5) is 4.39 Å². The molecule has 4 nitrogen and oxygen atoms in total. The number of rotatable bonds is 9. The third-order valence-electron chi connectivity index (χ3n) is 6.00. The summed E-state index contributed by atoms with van der Waals surface area (Å²) in [4.78, 5) is 15.6. The van der Waals surface area contributed by atoms with E-state index in [-0.39, 0.29) is 11.6 Å². The van der Waals surface area contributed by atoms with Crippen LogP contribution >= 0.6 is 0 Å². The summed E-state index contributed by atoms with van der Waals surface area (Å²) in [6, 6.07) is 16.4. The molecule has 2 aromatic carbocycles. The predicted molar refractivity (Wildman–Crippen MR) is 117 cm³/mol. The molecule has 0 aromatic heterocycles. The van der Waals surface area contributed by atoms with Crippen molar-refractivity contribution in [1.82, 2.24) is 9.21 Å². The van der Waals surface area contributed by atoms with E-state index in [0.29, 0.717) is 24.1 Å². The number of hydrogen-bond acceptors (Lipinski definition) is 3. The molecule has 1 unspecified atom stereocenters. The Morgan fingerprint density at radius 1 is 0.967 bits per heavy atom. The van der Waals surface area contributed by atoms with Crippen molar-refractivity contribution in [2.75, 3.05) is 19.6 Å². The largest absolute Gasteiger partial charge is 0.303 e. The topological polar surface area (TPSA) is 40.6 Å². The number of carbonyl (C=O) groups is 1. The monoisotopic (exact) mass is 428 g/mol. The van der Waals surface area contributed by atoms with Gasteiger partial charge in [-0.05, 0) is 88.1 Å². The molecule has 0 amide bonds. The second kappa shape index (κ2) is 9.94. The summed E-state index contributed by atoms with van der Waals surface area (Å²) in [7, 11) is -1.09. The minimum Gasteiger partial charge on any atom is -0.303 e. The van der Waals surface area contributed by atoms with Gasteiger partial charge in [0.2, 0.25) is 0 Å². The average Bonchev–Trinajstić information content (AvgIpc) is 3.61. The lowest BCUT2D eigenvalue weighted by atomic mass is 10.0. The van der Waals surface area contributed by atoms with Crippen LogP contribution in [0.25, 0.3) is 0 Å². The highest BCUT2D eigenvalue weighted by molar-refractivity contribution is 7.82. The van der Waals surface area contributed by atoms with E-state index in [1.54, 1.807) is 12.1 Å². The normalized spacial score (nSPS) is 19.1. The number of benzene rings is 2. The lowest BCUT2D eigenvalue weighted by Gasteiger charge is -2.37. The minimum atomic E-state index is -1.09. The molecule has 0 N–H and O–H groups in total. The number of Topliss-reactive ketones (excluding diaryl/α,β-unsaturated/α-hetero) is 1. The van der Waals surface area contributed by atoms with Gasteiger partial charge >= 0.3 is 0 Å². The predicted octanol–water partition coefficient (Wildman–Crippen LogP) is 4.44. The van der Waals surface area contributed by atoms with Gasteiger partial charge in [-0.2, -0.15) is 0 Å². The third-order valence-corrected chi connectivity index (χ3v) is 7.66. The van der Waals surface area contributed by atoms with Crippen molar-refractivity contribution in [3.05, 3.63) is 66.0 Å². The zero-order chi connectivity index (χ0) is 20.9. The van der Waals surface area contributed by atoms with Gasteiger partial charge in [-0.3, -0.25) is 4.79 Å². The number of carbonyl (C=O) groups excluding carboxylic acids is 1. The molecule has 2 aromatic rings. The molecule has 0 radical (unpaired) electrons. The first kappa shape index (κ1) is 21.3. The quantitative estimate of drug-likeness (QED) is 0.555. The summed E-state index contributed by atoms with van der Waals surface area (Å²) in [5.41, 5.74) is 0.582. The number of hydrogen-bond donors (Lipinski definition) is 0. The summed E-state index contributed by atoms with van der Waals surface area (Å²) < 4.78 is 28.4. The van der Waals surface area contributed by atoms with Crippen LogP contribution in [0.5, 0.6) is 0 Å². The van der Waals surface area contributed by atoms with Gasteiger partial charge in [0.05, 0.1) is 4.90 Å². The van der Waals surface area contributed by atoms with Crippen molar-refractivity contribution in [3.63, 3.8) is 0 Å². The summed E-state index contributed by atoms with van der Waals surface area (Å²) >= 11 is 0. The standard InChI is InChI=1S/C24H29FN2O2S/c25-20-10-8-19(9-11-20)24(28)7-4-16-26-17-14-22(15-18-26)27(21-12-13-21)30(29)23-5-2-1-3-6-23/h1-3,5-6,8-11,21-22H,4,7,12-18H2. The molecule has 6 heteroatoms. The highest BCUT2D eigenvalue weighted by atomic mass is 32.2. The molecule has 1 saturated carbocycles. The van der Waals surface area contributed by atoms with Gasteiger partial charge in [0, 0.05) is 24.1 Å². The molecule has 0 spiro atoms. The molecule has 1 atom stereocenters. The number of halogens is 1. The van der Waals surface area contributed by atoms with Crippen LogP contribution in [-0.4, -0.2) is 50.9 Å². The van der Waals surface area contributed by atoms with Crippen molar-refractivity contribution in [2.24, 2.45) is 0 Å². The van der Waals surface area contributed by atoms with E-state index >= 15 is 0 Å². The van der Waals surface area contributed by atoms with Crippen molar-refractivity contribution in [2.45, 2.75) is 55.5 Å². The maximum absolute atomic E-state index is 13.2. The fraction of sp³-hybridized carbons (Fsp3) is 0.458. The molecule has 1 aliphatic heterocycles. The summed E-state index contributed by atoms with van der Waals surface area (Å²) in [6.07, 6.45) is 5.61. The molecule has 160 valence electrons. The van der Waals surface area contributed by atoms with E-state index in [0.717, 1.165) is 56.6 Å². The second-order valence-corrected chi connectivity index (χ2v) is 9.65. The molecule has 1 aliphatic carbocycles. The Morgan fingerprint density at radius 3 is 2.23 bits per heavy atom. The van der Waals surface area contributed by atoms with Crippen molar-refractivity contribution < 1.29 is 13.4 Å². The van der Waals surface area contributed by atoms with Crippen LogP contribution in [0.2, 0.25) is 0 Å². The lowest BCUT2D eigenvalue weighted by molar-refractivity contribution is 0.0968. The Balaban J connectivity index is 1.24. The molecule has 4 rings (SSSR count). The van der Waals surface area contributed by atoms with Gasteiger partial charge in [-0.1, -0.05) is 18.2 Å². The summed E-state index contributed by atoms with van der Waals surface area (Å²) in [5, 5.41) is 0. The van der Waals surface area contributed by atoms with Crippen LogP contribution in [0.1, 0.15) is 48.9 Å². The first-order valence-corrected chi connectivity index (χ1v) is 12.0. The number of ketones is 1. The zero-order valence-corrected chi connectivity index (χ0v) is 18.0. The molecule has 1 heterocycles. The Morgan fingerprint density at radius 2 is 1.60 bits per heavy atom. The molecule has 0 bridgehead atoms. The average molecular weight is 429 g/mol. The van der Waals surface area contributed by atoms with Gasteiger partial charge in [0.15, 0.2) is 5.78 Å². The molecule has 2 fully saturated rings. The van der Waals surface area contributed by atoms with Crippen molar-refractivity contribution >= 4 is 16.8 Å². The molecule has 2 aliphatic rings. The van der Waals surface area contributed by atoms with Crippen molar-refractivity contribution in [1.29, 1.82) is 0 Å². The highest BCUT2D eigenvalue weighted by Gasteiger charge is 2.39. The Bertz CT molecular complexity index is 863. The van der Waals surface area contributed by atoms with E-state index in [1.807, 2.05) is 30.3 Å². The Labute approximate surface area is 180 Å². The smallest absolute Gasteiger partial charge is 0.162 e. The van der Waals surface area contributed by atoms with Gasteiger partial charge in [0.25, 0.3) is 0 Å². The van der Waals surface area contributed by atoms with Gasteiger partial charge in [-0.15, -0.1) is 0 Å². The van der Waals surface area contributed by atoms with Crippen molar-refractivity contribution in [3.8, 4) is 0 Å². The maximum atomic E-state index is 13.2.